The molecule has 1 aromatic carbocycles. The lowest BCUT2D eigenvalue weighted by atomic mass is 10.1. The van der Waals surface area contributed by atoms with Gasteiger partial charge in [0, 0.05) is 52.4 Å². The fourth-order valence-electron chi connectivity index (χ4n) is 2.52. The topological polar surface area (TPSA) is 87.0 Å². The van der Waals surface area contributed by atoms with Gasteiger partial charge in [-0.1, -0.05) is 12.1 Å². The number of hydrogen-bond donors (Lipinski definition) is 0. The smallest absolute Gasteiger partial charge is 0.276 e. The molecule has 0 saturated carbocycles. The van der Waals surface area contributed by atoms with Crippen LogP contribution in [0.15, 0.2) is 30.3 Å². The van der Waals surface area contributed by atoms with E-state index in [2.05, 4.69) is 0 Å². The minimum Gasteiger partial charge on any atom is -0.348 e. The number of amides is 2. The molecule has 1 aromatic rings. The second-order valence-corrected chi connectivity index (χ2v) is 6.04. The van der Waals surface area contributed by atoms with Crippen LogP contribution in [0, 0.1) is 10.1 Å². The van der Waals surface area contributed by atoms with Crippen LogP contribution in [0.4, 0.5) is 5.69 Å². The lowest BCUT2D eigenvalue weighted by molar-refractivity contribution is -0.385. The first-order chi connectivity index (χ1) is 11.9. The van der Waals surface area contributed by atoms with Gasteiger partial charge in [0.25, 0.3) is 5.69 Å². The highest BCUT2D eigenvalue weighted by Gasteiger charge is 2.21. The third kappa shape index (κ3) is 5.12. The van der Waals surface area contributed by atoms with E-state index in [1.807, 2.05) is 4.90 Å². The van der Waals surface area contributed by atoms with Gasteiger partial charge in [-0.25, -0.2) is 0 Å². The molecule has 25 heavy (non-hydrogen) atoms. The van der Waals surface area contributed by atoms with Gasteiger partial charge in [-0.2, -0.15) is 0 Å². The zero-order valence-electron chi connectivity index (χ0n) is 14.4. The van der Waals surface area contributed by atoms with Crippen molar-refractivity contribution in [3.8, 4) is 0 Å². The summed E-state index contributed by atoms with van der Waals surface area (Å²) < 4.78 is 0. The van der Waals surface area contributed by atoms with Crippen LogP contribution < -0.4 is 0 Å². The molecule has 0 spiro atoms. The summed E-state index contributed by atoms with van der Waals surface area (Å²) in [5, 5.41) is 11.0. The Labute approximate surface area is 146 Å². The molecule has 0 unspecified atom stereocenters. The van der Waals surface area contributed by atoms with E-state index in [0.717, 1.165) is 0 Å². The second-order valence-electron chi connectivity index (χ2n) is 6.04. The summed E-state index contributed by atoms with van der Waals surface area (Å²) >= 11 is 0. The fraction of sp³-hybridized carbons (Fsp3) is 0.412. The molecule has 0 atom stereocenters. The maximum absolute atomic E-state index is 12.3. The Kier molecular flexibility index (Phi) is 6.24. The average molecular weight is 346 g/mol. The molecular weight excluding hydrogens is 324 g/mol. The van der Waals surface area contributed by atoms with Crippen LogP contribution in [0.25, 0.3) is 6.08 Å². The van der Waals surface area contributed by atoms with E-state index < -0.39 is 4.92 Å². The summed E-state index contributed by atoms with van der Waals surface area (Å²) in [6, 6.07) is 6.29. The highest BCUT2D eigenvalue weighted by molar-refractivity contribution is 5.92. The summed E-state index contributed by atoms with van der Waals surface area (Å²) in [5.41, 5.74) is 0.370. The number of para-hydroxylation sites is 1. The molecule has 1 aliphatic heterocycles. The first-order valence-corrected chi connectivity index (χ1v) is 8.01. The molecule has 1 fully saturated rings. The van der Waals surface area contributed by atoms with Gasteiger partial charge in [0.2, 0.25) is 11.8 Å². The third-order valence-corrected chi connectivity index (χ3v) is 4.08. The maximum Gasteiger partial charge on any atom is 0.276 e. The van der Waals surface area contributed by atoms with Crippen molar-refractivity contribution in [3.63, 3.8) is 0 Å². The number of nitro groups is 1. The lowest BCUT2D eigenvalue weighted by Gasteiger charge is -2.34. The SMILES string of the molecule is CN(C)C(=O)CN1CCN(C(=O)/C=C/c2ccccc2[N+](=O)[O-])CC1. The molecule has 0 N–H and O–H groups in total. The molecule has 0 aromatic heterocycles. The highest BCUT2D eigenvalue weighted by atomic mass is 16.6. The summed E-state index contributed by atoms with van der Waals surface area (Å²) in [4.78, 5) is 39.7. The predicted octanol–water partition coefficient (Wildman–Crippen LogP) is 0.840. The lowest BCUT2D eigenvalue weighted by Crippen LogP contribution is -2.50. The molecule has 134 valence electrons. The number of piperazine rings is 1. The predicted molar refractivity (Wildman–Crippen MR) is 93.8 cm³/mol. The van der Waals surface area contributed by atoms with Crippen molar-refractivity contribution in [2.75, 3.05) is 46.8 Å². The van der Waals surface area contributed by atoms with E-state index in [1.165, 1.54) is 18.2 Å². The van der Waals surface area contributed by atoms with Crippen molar-refractivity contribution in [3.05, 3.63) is 46.0 Å². The number of carbonyl (C=O) groups is 2. The van der Waals surface area contributed by atoms with Crippen LogP contribution >= 0.6 is 0 Å². The molecular formula is C17H22N4O4. The van der Waals surface area contributed by atoms with Crippen LogP contribution in [0.1, 0.15) is 5.56 Å². The van der Waals surface area contributed by atoms with Crippen molar-refractivity contribution in [1.29, 1.82) is 0 Å². The Morgan fingerprint density at radius 2 is 1.84 bits per heavy atom. The normalized spacial score (nSPS) is 15.4. The van der Waals surface area contributed by atoms with Crippen LogP contribution in [0.5, 0.6) is 0 Å². The Morgan fingerprint density at radius 3 is 2.44 bits per heavy atom. The van der Waals surface area contributed by atoms with Gasteiger partial charge in [-0.15, -0.1) is 0 Å². The van der Waals surface area contributed by atoms with Gasteiger partial charge < -0.3 is 9.80 Å². The van der Waals surface area contributed by atoms with Crippen LogP contribution in [0.2, 0.25) is 0 Å². The van der Waals surface area contributed by atoms with Gasteiger partial charge >= 0.3 is 0 Å². The van der Waals surface area contributed by atoms with Crippen LogP contribution in [-0.4, -0.2) is 78.3 Å². The van der Waals surface area contributed by atoms with Crippen LogP contribution in [-0.2, 0) is 9.59 Å². The zero-order chi connectivity index (χ0) is 18.4. The van der Waals surface area contributed by atoms with Gasteiger partial charge in [-0.3, -0.25) is 24.6 Å². The van der Waals surface area contributed by atoms with Crippen molar-refractivity contribution in [1.82, 2.24) is 14.7 Å². The number of carbonyl (C=O) groups excluding carboxylic acids is 2. The molecule has 0 aliphatic carbocycles. The van der Waals surface area contributed by atoms with E-state index in [4.69, 9.17) is 0 Å². The second kappa shape index (κ2) is 8.39. The van der Waals surface area contributed by atoms with Crippen molar-refractivity contribution < 1.29 is 14.5 Å². The van der Waals surface area contributed by atoms with Crippen molar-refractivity contribution >= 4 is 23.6 Å². The largest absolute Gasteiger partial charge is 0.348 e. The number of rotatable bonds is 5. The van der Waals surface area contributed by atoms with E-state index in [1.54, 1.807) is 42.1 Å². The fourth-order valence-corrected chi connectivity index (χ4v) is 2.52. The van der Waals surface area contributed by atoms with E-state index in [-0.39, 0.29) is 17.5 Å². The number of benzene rings is 1. The summed E-state index contributed by atoms with van der Waals surface area (Å²) in [6.07, 6.45) is 2.84. The molecule has 0 bridgehead atoms. The average Bonchev–Trinajstić information content (AvgIpc) is 2.60. The minimum atomic E-state index is -0.468. The van der Waals surface area contributed by atoms with E-state index >= 15 is 0 Å². The van der Waals surface area contributed by atoms with Gasteiger partial charge in [-0.05, 0) is 12.1 Å². The first-order valence-electron chi connectivity index (χ1n) is 8.01. The summed E-state index contributed by atoms with van der Waals surface area (Å²) in [7, 11) is 3.44. The number of likely N-dealkylation sites (N-methyl/N-ethyl adjacent to an activating group) is 1. The quantitative estimate of drug-likeness (QED) is 0.448. The summed E-state index contributed by atoms with van der Waals surface area (Å²) in [5.74, 6) is -0.146. The Morgan fingerprint density at radius 1 is 1.20 bits per heavy atom. The maximum atomic E-state index is 12.3. The molecule has 8 heteroatoms. The number of nitrogens with zero attached hydrogens (tertiary/aromatic N) is 4. The number of hydrogen-bond acceptors (Lipinski definition) is 5. The van der Waals surface area contributed by atoms with Gasteiger partial charge in [0.05, 0.1) is 17.0 Å². The molecule has 2 amide bonds. The number of nitro benzene ring substituents is 1. The molecule has 2 rings (SSSR count). The molecule has 1 heterocycles. The standard InChI is InChI=1S/C17H22N4O4/c1-18(2)17(23)13-19-9-11-20(12-10-19)16(22)8-7-14-5-3-4-6-15(14)21(24)25/h3-8H,9-13H2,1-2H3/b8-7+. The van der Waals surface area contributed by atoms with Crippen LogP contribution in [0.3, 0.4) is 0 Å². The van der Waals surface area contributed by atoms with E-state index in [0.29, 0.717) is 38.3 Å². The summed E-state index contributed by atoms with van der Waals surface area (Å²) in [6.45, 7) is 2.66. The Hall–Kier alpha value is -2.74. The van der Waals surface area contributed by atoms with Crippen molar-refractivity contribution in [2.24, 2.45) is 0 Å². The van der Waals surface area contributed by atoms with Crippen molar-refractivity contribution in [2.45, 2.75) is 0 Å². The molecule has 0 radical (unpaired) electrons. The van der Waals surface area contributed by atoms with Gasteiger partial charge in [0.1, 0.15) is 0 Å². The minimum absolute atomic E-state index is 0.0291. The molecule has 8 nitrogen and oxygen atoms in total. The Balaban J connectivity index is 1.91. The van der Waals surface area contributed by atoms with Gasteiger partial charge in [0.15, 0.2) is 0 Å². The van der Waals surface area contributed by atoms with E-state index in [9.17, 15) is 19.7 Å². The molecule has 1 saturated heterocycles. The zero-order valence-corrected chi connectivity index (χ0v) is 14.4. The first kappa shape index (κ1) is 18.6. The monoisotopic (exact) mass is 346 g/mol. The Bertz CT molecular complexity index is 679. The highest BCUT2D eigenvalue weighted by Crippen LogP contribution is 2.19. The molecule has 1 aliphatic rings. The third-order valence-electron chi connectivity index (χ3n) is 4.08.